The molecule has 152 valence electrons. The van der Waals surface area contributed by atoms with Gasteiger partial charge in [0.25, 0.3) is 0 Å². The molecule has 3 amide bonds. The third kappa shape index (κ3) is 3.30. The van der Waals surface area contributed by atoms with Gasteiger partial charge in [-0.05, 0) is 36.3 Å². The summed E-state index contributed by atoms with van der Waals surface area (Å²) < 4.78 is 12.4. The molecule has 6 nitrogen and oxygen atoms in total. The molecule has 0 bridgehead atoms. The lowest BCUT2D eigenvalue weighted by Crippen LogP contribution is -2.54. The maximum Gasteiger partial charge on any atom is 0.506 e. The molecule has 1 heterocycles. The number of carbonyl (C=O) groups excluding carboxylic acids is 2. The van der Waals surface area contributed by atoms with Crippen LogP contribution >= 0.6 is 0 Å². The van der Waals surface area contributed by atoms with Crippen LogP contribution in [0, 0.1) is 12.8 Å². The number of aryl methyl sites for hydroxylation is 1. The molecular formula is C24H23N2O4+. The maximum atomic E-state index is 13.6. The smallest absolute Gasteiger partial charge is 0.497 e. The lowest BCUT2D eigenvalue weighted by atomic mass is 9.93. The molecule has 2 aromatic rings. The topological polar surface area (TPSA) is 58.8 Å². The Morgan fingerprint density at radius 1 is 1.03 bits per heavy atom. The summed E-state index contributed by atoms with van der Waals surface area (Å²) in [4.78, 5) is 28.1. The van der Waals surface area contributed by atoms with Crippen LogP contribution in [0.2, 0.25) is 0 Å². The molecule has 0 radical (unpaired) electrons. The first kappa shape index (κ1) is 19.6. The van der Waals surface area contributed by atoms with Crippen molar-refractivity contribution < 1.29 is 23.6 Å². The van der Waals surface area contributed by atoms with E-state index in [9.17, 15) is 9.59 Å². The number of fused-ring (bicyclic) bond motifs is 1. The van der Waals surface area contributed by atoms with Crippen molar-refractivity contribution in [2.75, 3.05) is 19.1 Å². The molecule has 2 aromatic carbocycles. The maximum absolute atomic E-state index is 13.6. The number of ether oxygens (including phenoxy) is 2. The Morgan fingerprint density at radius 2 is 1.83 bits per heavy atom. The molecule has 0 saturated carbocycles. The van der Waals surface area contributed by atoms with Gasteiger partial charge in [0.05, 0.1) is 14.2 Å². The Morgan fingerprint density at radius 3 is 2.57 bits per heavy atom. The highest BCUT2D eigenvalue weighted by Gasteiger charge is 2.49. The van der Waals surface area contributed by atoms with E-state index in [0.29, 0.717) is 29.4 Å². The number of methoxy groups -OCH3 is 2. The van der Waals surface area contributed by atoms with Gasteiger partial charge in [0, 0.05) is 6.07 Å². The SMILES string of the molecule is COc1ccc(N2C(=O)C3C=CC=CC3=[N+](Cc3ccccc3C)C2=O)c(OC)c1. The zero-order valence-corrected chi connectivity index (χ0v) is 17.2. The summed E-state index contributed by atoms with van der Waals surface area (Å²) in [5, 5.41) is 0. The second-order valence-electron chi connectivity index (χ2n) is 7.15. The predicted molar refractivity (Wildman–Crippen MR) is 114 cm³/mol. The fourth-order valence-corrected chi connectivity index (χ4v) is 3.77. The van der Waals surface area contributed by atoms with Crippen LogP contribution in [0.1, 0.15) is 11.1 Å². The average Bonchev–Trinajstić information content (AvgIpc) is 2.78. The van der Waals surface area contributed by atoms with E-state index < -0.39 is 11.9 Å². The number of carbonyl (C=O) groups is 2. The van der Waals surface area contributed by atoms with Gasteiger partial charge in [0.15, 0.2) is 11.4 Å². The van der Waals surface area contributed by atoms with Crippen molar-refractivity contribution in [3.8, 4) is 11.5 Å². The lowest BCUT2D eigenvalue weighted by Gasteiger charge is -2.27. The summed E-state index contributed by atoms with van der Waals surface area (Å²) in [5.74, 6) is 0.131. The number of urea groups is 1. The van der Waals surface area contributed by atoms with Crippen LogP contribution in [0.5, 0.6) is 11.5 Å². The van der Waals surface area contributed by atoms with Crippen LogP contribution < -0.4 is 14.4 Å². The first-order valence-electron chi connectivity index (χ1n) is 9.69. The summed E-state index contributed by atoms with van der Waals surface area (Å²) >= 11 is 0. The predicted octanol–water partition coefficient (Wildman–Crippen LogP) is 3.87. The standard InChI is InChI=1S/C24H23N2O4/c1-16-8-4-5-9-17(16)15-25-20-11-7-6-10-19(20)23(27)26(24(25)28)21-13-12-18(29-2)14-22(21)30-3/h4-14,19H,15H2,1-3H3/q+1. The number of anilines is 1. The third-order valence-corrected chi connectivity index (χ3v) is 5.44. The molecule has 6 heteroatoms. The molecule has 1 unspecified atom stereocenters. The Labute approximate surface area is 175 Å². The molecule has 1 aliphatic carbocycles. The Kier molecular flexibility index (Phi) is 5.23. The number of hydrogen-bond acceptors (Lipinski definition) is 4. The van der Waals surface area contributed by atoms with E-state index in [0.717, 1.165) is 11.1 Å². The fraction of sp³-hybridized carbons (Fsp3) is 0.208. The Bertz CT molecular complexity index is 1110. The highest BCUT2D eigenvalue weighted by molar-refractivity contribution is 6.26. The second kappa shape index (κ2) is 7.99. The Balaban J connectivity index is 1.84. The van der Waals surface area contributed by atoms with Crippen LogP contribution in [0.25, 0.3) is 0 Å². The molecule has 0 fully saturated rings. The van der Waals surface area contributed by atoms with Gasteiger partial charge in [0.2, 0.25) is 0 Å². The Hall–Kier alpha value is -3.67. The van der Waals surface area contributed by atoms with Crippen molar-refractivity contribution in [1.82, 2.24) is 0 Å². The number of amides is 3. The molecule has 30 heavy (non-hydrogen) atoms. The van der Waals surface area contributed by atoms with Gasteiger partial charge >= 0.3 is 11.9 Å². The molecular weight excluding hydrogens is 380 g/mol. The van der Waals surface area contributed by atoms with Crippen LogP contribution in [0.15, 0.2) is 66.8 Å². The molecule has 0 aromatic heterocycles. The minimum absolute atomic E-state index is 0.305. The van der Waals surface area contributed by atoms with Crippen molar-refractivity contribution >= 4 is 23.3 Å². The van der Waals surface area contributed by atoms with Gasteiger partial charge in [-0.2, -0.15) is 9.37 Å². The van der Waals surface area contributed by atoms with E-state index in [1.807, 2.05) is 55.5 Å². The van der Waals surface area contributed by atoms with Crippen molar-refractivity contribution in [3.05, 3.63) is 77.9 Å². The summed E-state index contributed by atoms with van der Waals surface area (Å²) in [6.07, 6.45) is 7.33. The number of benzene rings is 2. The summed E-state index contributed by atoms with van der Waals surface area (Å²) in [5.41, 5.74) is 3.18. The molecule has 2 aliphatic rings. The highest BCUT2D eigenvalue weighted by atomic mass is 16.5. The largest absolute Gasteiger partial charge is 0.506 e. The highest BCUT2D eigenvalue weighted by Crippen LogP contribution is 2.35. The number of hydrogen-bond donors (Lipinski definition) is 0. The van der Waals surface area contributed by atoms with Crippen molar-refractivity contribution in [3.63, 3.8) is 0 Å². The minimum atomic E-state index is -0.538. The van der Waals surface area contributed by atoms with Crippen molar-refractivity contribution in [1.29, 1.82) is 0 Å². The first-order chi connectivity index (χ1) is 14.5. The zero-order valence-electron chi connectivity index (χ0n) is 17.2. The van der Waals surface area contributed by atoms with E-state index >= 15 is 0 Å². The van der Waals surface area contributed by atoms with E-state index in [1.54, 1.807) is 29.9 Å². The van der Waals surface area contributed by atoms with Crippen molar-refractivity contribution in [2.45, 2.75) is 13.5 Å². The normalized spacial score (nSPS) is 18.0. The van der Waals surface area contributed by atoms with Crippen LogP contribution in [-0.2, 0) is 11.3 Å². The summed E-state index contributed by atoms with van der Waals surface area (Å²) in [6, 6.07) is 12.6. The van der Waals surface area contributed by atoms with Crippen LogP contribution in [0.3, 0.4) is 0 Å². The minimum Gasteiger partial charge on any atom is -0.497 e. The summed E-state index contributed by atoms with van der Waals surface area (Å²) in [6.45, 7) is 2.38. The third-order valence-electron chi connectivity index (χ3n) is 5.44. The number of allylic oxidation sites excluding steroid dienone is 3. The zero-order chi connectivity index (χ0) is 21.3. The lowest BCUT2D eigenvalue weighted by molar-refractivity contribution is -0.445. The average molecular weight is 403 g/mol. The first-order valence-corrected chi connectivity index (χ1v) is 9.69. The van der Waals surface area contributed by atoms with Crippen LogP contribution in [0.4, 0.5) is 10.5 Å². The van der Waals surface area contributed by atoms with Crippen molar-refractivity contribution in [2.24, 2.45) is 5.92 Å². The van der Waals surface area contributed by atoms with Gasteiger partial charge in [-0.15, -0.1) is 4.90 Å². The quantitative estimate of drug-likeness (QED) is 0.711. The van der Waals surface area contributed by atoms with Gasteiger partial charge < -0.3 is 9.47 Å². The molecule has 0 saturated heterocycles. The molecule has 0 N–H and O–H groups in total. The van der Waals surface area contributed by atoms with Gasteiger partial charge in [-0.1, -0.05) is 42.5 Å². The fourth-order valence-electron chi connectivity index (χ4n) is 3.77. The molecule has 4 rings (SSSR count). The molecule has 1 atom stereocenters. The van der Waals surface area contributed by atoms with E-state index in [1.165, 1.54) is 12.0 Å². The van der Waals surface area contributed by atoms with Gasteiger partial charge in [0.1, 0.15) is 23.9 Å². The molecule has 0 spiro atoms. The number of rotatable bonds is 5. The monoisotopic (exact) mass is 403 g/mol. The van der Waals surface area contributed by atoms with Gasteiger partial charge in [-0.25, -0.2) is 4.79 Å². The van der Waals surface area contributed by atoms with E-state index in [-0.39, 0.29) is 5.91 Å². The van der Waals surface area contributed by atoms with E-state index in [2.05, 4.69) is 0 Å². The summed E-state index contributed by atoms with van der Waals surface area (Å²) in [7, 11) is 3.05. The number of nitrogens with zero attached hydrogens (tertiary/aromatic N) is 2. The molecule has 1 aliphatic heterocycles. The van der Waals surface area contributed by atoms with Crippen LogP contribution in [-0.4, -0.2) is 36.4 Å². The number of imide groups is 1. The van der Waals surface area contributed by atoms with E-state index in [4.69, 9.17) is 9.47 Å². The second-order valence-corrected chi connectivity index (χ2v) is 7.15. The van der Waals surface area contributed by atoms with Gasteiger partial charge in [-0.3, -0.25) is 0 Å².